The van der Waals surface area contributed by atoms with Crippen molar-refractivity contribution >= 4 is 11.8 Å². The summed E-state index contributed by atoms with van der Waals surface area (Å²) in [7, 11) is 0. The third kappa shape index (κ3) is 3.59. The second-order valence-corrected chi connectivity index (χ2v) is 5.57. The third-order valence-electron chi connectivity index (χ3n) is 3.98. The number of piperazine rings is 1. The van der Waals surface area contributed by atoms with E-state index in [4.69, 9.17) is 4.42 Å². The summed E-state index contributed by atoms with van der Waals surface area (Å²) in [5, 5.41) is 0. The zero-order valence-electron chi connectivity index (χ0n) is 13.1. The first-order valence-corrected chi connectivity index (χ1v) is 7.66. The molecule has 3 rings (SSSR count). The molecule has 0 radical (unpaired) electrons. The summed E-state index contributed by atoms with van der Waals surface area (Å²) in [5.41, 5.74) is 1.52. The van der Waals surface area contributed by atoms with Gasteiger partial charge in [-0.25, -0.2) is 4.98 Å². The van der Waals surface area contributed by atoms with E-state index in [1.54, 1.807) is 16.7 Å². The summed E-state index contributed by atoms with van der Waals surface area (Å²) in [6, 6.07) is 9.59. The third-order valence-corrected chi connectivity index (χ3v) is 3.98. The van der Waals surface area contributed by atoms with Crippen LogP contribution in [0, 0.1) is 0 Å². The molecule has 0 unspecified atom stereocenters. The number of rotatable bonds is 3. The number of carbonyl (C=O) groups is 2. The predicted octanol–water partition coefficient (Wildman–Crippen LogP) is 1.57. The summed E-state index contributed by atoms with van der Waals surface area (Å²) in [6.07, 6.45) is 1.75. The minimum Gasteiger partial charge on any atom is -0.444 e. The maximum Gasteiger partial charge on any atom is 0.228 e. The molecule has 1 aromatic heterocycles. The molecule has 2 heterocycles. The van der Waals surface area contributed by atoms with E-state index in [0.29, 0.717) is 37.8 Å². The van der Waals surface area contributed by atoms with Gasteiger partial charge in [0.2, 0.25) is 17.7 Å². The maximum atomic E-state index is 12.3. The summed E-state index contributed by atoms with van der Waals surface area (Å²) in [5.74, 6) is 0.594. The van der Waals surface area contributed by atoms with Gasteiger partial charge in [0, 0.05) is 38.7 Å². The van der Waals surface area contributed by atoms with Crippen molar-refractivity contribution in [3.8, 4) is 11.5 Å². The Labute approximate surface area is 134 Å². The molecule has 23 heavy (non-hydrogen) atoms. The van der Waals surface area contributed by atoms with Crippen LogP contribution in [0.2, 0.25) is 0 Å². The molecule has 1 fully saturated rings. The molecular weight excluding hydrogens is 294 g/mol. The number of aromatic nitrogens is 1. The van der Waals surface area contributed by atoms with Crippen molar-refractivity contribution in [1.29, 1.82) is 0 Å². The summed E-state index contributed by atoms with van der Waals surface area (Å²) >= 11 is 0. The van der Waals surface area contributed by atoms with Crippen LogP contribution in [0.3, 0.4) is 0 Å². The zero-order chi connectivity index (χ0) is 16.2. The number of nitrogens with zero attached hydrogens (tertiary/aromatic N) is 3. The molecule has 0 aliphatic carbocycles. The van der Waals surface area contributed by atoms with Crippen molar-refractivity contribution in [2.75, 3.05) is 26.2 Å². The number of hydrogen-bond acceptors (Lipinski definition) is 4. The Morgan fingerprint density at radius 1 is 1.09 bits per heavy atom. The van der Waals surface area contributed by atoms with Gasteiger partial charge in [-0.15, -0.1) is 0 Å². The molecule has 0 saturated carbocycles. The van der Waals surface area contributed by atoms with Gasteiger partial charge < -0.3 is 14.2 Å². The fourth-order valence-electron chi connectivity index (χ4n) is 2.64. The van der Waals surface area contributed by atoms with Crippen LogP contribution in [0.1, 0.15) is 12.6 Å². The van der Waals surface area contributed by atoms with Gasteiger partial charge in [-0.3, -0.25) is 9.59 Å². The molecule has 0 spiro atoms. The minimum absolute atomic E-state index is 0.0149. The van der Waals surface area contributed by atoms with E-state index in [1.165, 1.54) is 6.26 Å². The number of benzene rings is 1. The molecule has 1 aromatic carbocycles. The molecule has 1 aliphatic rings. The van der Waals surface area contributed by atoms with Crippen LogP contribution in [0.5, 0.6) is 0 Å². The highest BCUT2D eigenvalue weighted by molar-refractivity contribution is 5.79. The van der Waals surface area contributed by atoms with Crippen LogP contribution < -0.4 is 0 Å². The van der Waals surface area contributed by atoms with Crippen LogP contribution >= 0.6 is 0 Å². The van der Waals surface area contributed by atoms with E-state index >= 15 is 0 Å². The molecule has 1 saturated heterocycles. The van der Waals surface area contributed by atoms with Crippen molar-refractivity contribution < 1.29 is 14.0 Å². The van der Waals surface area contributed by atoms with Gasteiger partial charge in [-0.1, -0.05) is 18.2 Å². The highest BCUT2D eigenvalue weighted by atomic mass is 16.3. The largest absolute Gasteiger partial charge is 0.444 e. The summed E-state index contributed by atoms with van der Waals surface area (Å²) in [6.45, 7) is 3.88. The van der Waals surface area contributed by atoms with Gasteiger partial charge in [0.25, 0.3) is 0 Å². The summed E-state index contributed by atoms with van der Waals surface area (Å²) in [4.78, 5) is 31.5. The Hall–Kier alpha value is -2.63. The molecule has 0 N–H and O–H groups in total. The lowest BCUT2D eigenvalue weighted by Gasteiger charge is -2.34. The monoisotopic (exact) mass is 313 g/mol. The van der Waals surface area contributed by atoms with Crippen LogP contribution in [0.15, 0.2) is 41.0 Å². The molecule has 0 bridgehead atoms. The van der Waals surface area contributed by atoms with Crippen LogP contribution in [-0.4, -0.2) is 52.8 Å². The van der Waals surface area contributed by atoms with Gasteiger partial charge in [0.15, 0.2) is 0 Å². The molecule has 2 amide bonds. The molecule has 6 nitrogen and oxygen atoms in total. The van der Waals surface area contributed by atoms with Gasteiger partial charge in [-0.05, 0) is 12.1 Å². The lowest BCUT2D eigenvalue weighted by atomic mass is 10.2. The van der Waals surface area contributed by atoms with Crippen LogP contribution in [-0.2, 0) is 16.0 Å². The number of oxazole rings is 1. The Kier molecular flexibility index (Phi) is 4.41. The standard InChI is InChI=1S/C17H19N3O3/c1-13(21)19-7-9-20(10-8-19)16(22)11-15-12-23-17(18-15)14-5-3-2-4-6-14/h2-6,12H,7-11H2,1H3. The molecule has 120 valence electrons. The second-order valence-electron chi connectivity index (χ2n) is 5.57. The minimum atomic E-state index is 0.0149. The van der Waals surface area contributed by atoms with Crippen LogP contribution in [0.25, 0.3) is 11.5 Å². The van der Waals surface area contributed by atoms with Crippen molar-refractivity contribution in [3.63, 3.8) is 0 Å². The number of amides is 2. The van der Waals surface area contributed by atoms with Crippen molar-refractivity contribution in [1.82, 2.24) is 14.8 Å². The second kappa shape index (κ2) is 6.64. The Morgan fingerprint density at radius 2 is 1.74 bits per heavy atom. The first kappa shape index (κ1) is 15.3. The summed E-state index contributed by atoms with van der Waals surface area (Å²) < 4.78 is 5.45. The number of hydrogen-bond donors (Lipinski definition) is 0. The average molecular weight is 313 g/mol. The Bertz CT molecular complexity index is 688. The van der Waals surface area contributed by atoms with E-state index < -0.39 is 0 Å². The normalized spacial score (nSPS) is 14.8. The Balaban J connectivity index is 1.59. The topological polar surface area (TPSA) is 66.7 Å². The van der Waals surface area contributed by atoms with Crippen molar-refractivity contribution in [2.24, 2.45) is 0 Å². The zero-order valence-corrected chi connectivity index (χ0v) is 13.1. The van der Waals surface area contributed by atoms with Crippen molar-refractivity contribution in [2.45, 2.75) is 13.3 Å². The van der Waals surface area contributed by atoms with Crippen LogP contribution in [0.4, 0.5) is 0 Å². The van der Waals surface area contributed by atoms with Gasteiger partial charge in [0.1, 0.15) is 6.26 Å². The first-order chi connectivity index (χ1) is 11.1. The molecule has 6 heteroatoms. The molecule has 2 aromatic rings. The smallest absolute Gasteiger partial charge is 0.228 e. The molecule has 1 aliphatic heterocycles. The Morgan fingerprint density at radius 3 is 2.39 bits per heavy atom. The van der Waals surface area contributed by atoms with Gasteiger partial charge in [-0.2, -0.15) is 0 Å². The molecule has 0 atom stereocenters. The highest BCUT2D eigenvalue weighted by Gasteiger charge is 2.23. The fraction of sp³-hybridized carbons (Fsp3) is 0.353. The van der Waals surface area contributed by atoms with E-state index in [1.807, 2.05) is 30.3 Å². The van der Waals surface area contributed by atoms with E-state index in [0.717, 1.165) is 5.56 Å². The highest BCUT2D eigenvalue weighted by Crippen LogP contribution is 2.18. The quantitative estimate of drug-likeness (QED) is 0.863. The predicted molar refractivity (Wildman–Crippen MR) is 84.5 cm³/mol. The number of carbonyl (C=O) groups excluding carboxylic acids is 2. The van der Waals surface area contributed by atoms with E-state index in [2.05, 4.69) is 4.98 Å². The van der Waals surface area contributed by atoms with Gasteiger partial charge >= 0.3 is 0 Å². The maximum absolute atomic E-state index is 12.3. The van der Waals surface area contributed by atoms with Crippen molar-refractivity contribution in [3.05, 3.63) is 42.3 Å². The average Bonchev–Trinajstić information content (AvgIpc) is 3.04. The SMILES string of the molecule is CC(=O)N1CCN(C(=O)Cc2coc(-c3ccccc3)n2)CC1. The lowest BCUT2D eigenvalue weighted by Crippen LogP contribution is -2.50. The van der Waals surface area contributed by atoms with E-state index in [9.17, 15) is 9.59 Å². The lowest BCUT2D eigenvalue weighted by molar-refractivity contribution is -0.138. The fourth-order valence-corrected chi connectivity index (χ4v) is 2.64. The first-order valence-electron chi connectivity index (χ1n) is 7.66. The van der Waals surface area contributed by atoms with Gasteiger partial charge in [0.05, 0.1) is 12.1 Å². The molecular formula is C17H19N3O3. The van der Waals surface area contributed by atoms with E-state index in [-0.39, 0.29) is 18.2 Å².